The van der Waals surface area contributed by atoms with Crippen molar-refractivity contribution in [1.29, 1.82) is 0 Å². The van der Waals surface area contributed by atoms with Crippen molar-refractivity contribution in [1.82, 2.24) is 10.4 Å². The van der Waals surface area contributed by atoms with Crippen LogP contribution in [0.5, 0.6) is 0 Å². The van der Waals surface area contributed by atoms with Crippen molar-refractivity contribution in [3.8, 4) is 0 Å². The Balaban J connectivity index is 1.11. The van der Waals surface area contributed by atoms with Gasteiger partial charge in [-0.05, 0) is 80.2 Å². The highest BCUT2D eigenvalue weighted by Crippen LogP contribution is 2.61. The summed E-state index contributed by atoms with van der Waals surface area (Å²) in [6, 6.07) is 7.41. The first-order valence-corrected chi connectivity index (χ1v) is 21.3. The van der Waals surface area contributed by atoms with Gasteiger partial charge in [0.05, 0.1) is 24.9 Å². The van der Waals surface area contributed by atoms with Crippen molar-refractivity contribution in [2.75, 3.05) is 13.2 Å². The molecule has 54 heavy (non-hydrogen) atoms. The molecule has 3 saturated carbocycles. The molecule has 2 bridgehead atoms. The van der Waals surface area contributed by atoms with E-state index in [2.05, 4.69) is 64.2 Å². The highest BCUT2D eigenvalue weighted by Gasteiger charge is 2.76. The number of rotatable bonds is 14. The molecule has 1 aromatic carbocycles. The molecule has 1 aromatic rings. The van der Waals surface area contributed by atoms with Crippen LogP contribution in [0.4, 0.5) is 0 Å². The number of carbonyl (C=O) groups is 2. The van der Waals surface area contributed by atoms with Crippen LogP contribution in [-0.4, -0.2) is 83.1 Å². The lowest BCUT2D eigenvalue weighted by Crippen LogP contribution is -2.69. The normalized spacial score (nSPS) is 39.3. The summed E-state index contributed by atoms with van der Waals surface area (Å²) in [5, 5.41) is 14.4. The number of hydrogen-bond acceptors (Lipinski definition) is 9. The van der Waals surface area contributed by atoms with E-state index in [0.717, 1.165) is 81.8 Å². The van der Waals surface area contributed by atoms with Crippen LogP contribution in [0.25, 0.3) is 6.08 Å². The van der Waals surface area contributed by atoms with Crippen LogP contribution in [0.2, 0.25) is 0 Å². The topological polar surface area (TPSA) is 119 Å². The van der Waals surface area contributed by atoms with Crippen molar-refractivity contribution in [2.45, 2.75) is 179 Å². The maximum Gasteiger partial charge on any atom is 0.327 e. The second-order valence-corrected chi connectivity index (χ2v) is 18.5. The van der Waals surface area contributed by atoms with E-state index in [4.69, 9.17) is 23.8 Å². The van der Waals surface area contributed by atoms with E-state index >= 15 is 0 Å². The molecule has 298 valence electrons. The Kier molecular flexibility index (Phi) is 10.6. The lowest BCUT2D eigenvalue weighted by atomic mass is 9.52. The zero-order valence-electron chi connectivity index (χ0n) is 33.3. The Bertz CT molecular complexity index is 1590. The quantitative estimate of drug-likeness (QED) is 0.118. The number of aliphatic hydroxyl groups excluding tert-OH is 1. The fourth-order valence-corrected chi connectivity index (χ4v) is 11.4. The molecule has 10 nitrogen and oxygen atoms in total. The van der Waals surface area contributed by atoms with Crippen LogP contribution in [-0.2, 0) is 39.9 Å². The zero-order valence-corrected chi connectivity index (χ0v) is 33.3. The number of nitrogens with zero attached hydrogens (tertiary/aromatic N) is 1. The van der Waals surface area contributed by atoms with Gasteiger partial charge >= 0.3 is 5.97 Å². The lowest BCUT2D eigenvalue weighted by Gasteiger charge is -2.53. The van der Waals surface area contributed by atoms with Gasteiger partial charge in [-0.15, -0.1) is 0 Å². The van der Waals surface area contributed by atoms with Crippen molar-refractivity contribution < 1.29 is 38.5 Å². The Morgan fingerprint density at radius 2 is 1.72 bits per heavy atom. The molecule has 1 amide bonds. The molecule has 4 aliphatic heterocycles. The molecule has 4 saturated heterocycles. The molecule has 10 atom stereocenters. The number of benzene rings is 1. The first-order chi connectivity index (χ1) is 26.0. The van der Waals surface area contributed by atoms with E-state index in [0.29, 0.717) is 29.9 Å². The molecule has 10 unspecified atom stereocenters. The third-order valence-electron chi connectivity index (χ3n) is 14.5. The van der Waals surface area contributed by atoms with E-state index in [1.807, 2.05) is 6.07 Å². The van der Waals surface area contributed by atoms with Gasteiger partial charge in [0.25, 0.3) is 0 Å². The predicted octanol–water partition coefficient (Wildman–Crippen LogP) is 7.01. The number of esters is 1. The van der Waals surface area contributed by atoms with Gasteiger partial charge in [-0.1, -0.05) is 89.3 Å². The van der Waals surface area contributed by atoms with E-state index < -0.39 is 47.6 Å². The Hall–Kier alpha value is -2.34. The molecule has 4 heterocycles. The third-order valence-corrected chi connectivity index (χ3v) is 14.5. The second kappa shape index (κ2) is 14.9. The van der Waals surface area contributed by atoms with Crippen molar-refractivity contribution in [2.24, 2.45) is 22.7 Å². The van der Waals surface area contributed by atoms with E-state index in [-0.39, 0.29) is 31.1 Å². The molecular formula is C44H64N2O8. The summed E-state index contributed by atoms with van der Waals surface area (Å²) in [4.78, 5) is 35.6. The van der Waals surface area contributed by atoms with Gasteiger partial charge in [0, 0.05) is 25.8 Å². The fourth-order valence-electron chi connectivity index (χ4n) is 11.4. The van der Waals surface area contributed by atoms with Crippen molar-refractivity contribution >= 4 is 18.0 Å². The molecule has 0 radical (unpaired) electrons. The van der Waals surface area contributed by atoms with Gasteiger partial charge in [-0.2, -0.15) is 5.06 Å². The number of nitrogens with one attached hydrogen (secondary N) is 1. The van der Waals surface area contributed by atoms with Crippen LogP contribution in [0, 0.1) is 22.7 Å². The molecule has 8 rings (SSSR count). The molecule has 2 N–H and O–H groups in total. The van der Waals surface area contributed by atoms with Crippen LogP contribution < -0.4 is 5.32 Å². The number of epoxide rings is 1. The first-order valence-electron chi connectivity index (χ1n) is 21.3. The number of ether oxygens (including phenoxy) is 4. The average molecular weight is 749 g/mol. The number of fused-ring (bicyclic) bond motifs is 6. The summed E-state index contributed by atoms with van der Waals surface area (Å²) >= 11 is 0. The molecule has 10 heteroatoms. The molecular weight excluding hydrogens is 684 g/mol. The number of aliphatic hydroxyl groups is 1. The lowest BCUT2D eigenvalue weighted by molar-refractivity contribution is -0.224. The Morgan fingerprint density at radius 3 is 2.44 bits per heavy atom. The summed E-state index contributed by atoms with van der Waals surface area (Å²) in [6.07, 6.45) is 13.8. The van der Waals surface area contributed by atoms with E-state index in [1.165, 1.54) is 18.4 Å². The van der Waals surface area contributed by atoms with Gasteiger partial charge in [0.2, 0.25) is 5.91 Å². The minimum atomic E-state index is -1.25. The number of amides is 1. The summed E-state index contributed by atoms with van der Waals surface area (Å²) < 4.78 is 26.4. The molecule has 7 aliphatic rings. The minimum absolute atomic E-state index is 0.0260. The number of unbranched alkanes of at least 4 members (excludes halogenated alkanes) is 4. The highest BCUT2D eigenvalue weighted by atomic mass is 16.8. The number of hydrogen-bond donors (Lipinski definition) is 2. The average Bonchev–Trinajstić information content (AvgIpc) is 3.43. The summed E-state index contributed by atoms with van der Waals surface area (Å²) in [5.74, 6) is -0.412. The maximum atomic E-state index is 14.4. The van der Waals surface area contributed by atoms with Gasteiger partial charge < -0.3 is 29.4 Å². The van der Waals surface area contributed by atoms with Crippen LogP contribution in [0.15, 0.2) is 29.8 Å². The minimum Gasteiger partial charge on any atom is -0.458 e. The smallest absolute Gasteiger partial charge is 0.327 e. The van der Waals surface area contributed by atoms with Gasteiger partial charge in [0.15, 0.2) is 11.8 Å². The predicted molar refractivity (Wildman–Crippen MR) is 204 cm³/mol. The first kappa shape index (κ1) is 38.5. The Morgan fingerprint density at radius 1 is 0.981 bits per heavy atom. The zero-order chi connectivity index (χ0) is 37.9. The molecule has 7 fully saturated rings. The molecule has 0 aromatic heterocycles. The maximum absolute atomic E-state index is 14.4. The van der Waals surface area contributed by atoms with Gasteiger partial charge in [-0.3, -0.25) is 14.4 Å². The van der Waals surface area contributed by atoms with Crippen LogP contribution >= 0.6 is 0 Å². The van der Waals surface area contributed by atoms with Crippen molar-refractivity contribution in [3.05, 3.63) is 41.0 Å². The van der Waals surface area contributed by atoms with Gasteiger partial charge in [0.1, 0.15) is 29.8 Å². The summed E-state index contributed by atoms with van der Waals surface area (Å²) in [6.45, 7) is 11.7. The second-order valence-electron chi connectivity index (χ2n) is 18.5. The van der Waals surface area contributed by atoms with Crippen LogP contribution in [0.1, 0.15) is 136 Å². The van der Waals surface area contributed by atoms with Gasteiger partial charge in [-0.25, -0.2) is 0 Å². The largest absolute Gasteiger partial charge is 0.458 e. The summed E-state index contributed by atoms with van der Waals surface area (Å²) in [7, 11) is 0. The molecule has 3 aliphatic carbocycles. The van der Waals surface area contributed by atoms with E-state index in [1.54, 1.807) is 5.06 Å². The van der Waals surface area contributed by atoms with E-state index in [9.17, 15) is 14.7 Å². The highest BCUT2D eigenvalue weighted by molar-refractivity contribution is 5.93. The number of carbonyl (C=O) groups excluding carboxylic acids is 2. The van der Waals surface area contributed by atoms with Crippen LogP contribution in [0.3, 0.4) is 0 Å². The Labute approximate surface area is 322 Å². The monoisotopic (exact) mass is 748 g/mol. The SMILES string of the molecule is CCCCCC1(CCCCC)OC2C3CC4(C(=O)NCCO)C(ON(Cc5ccccc5C=C5CCC6OC6(C)CCC6C5CC6(C)C)C4C(=O)O3)C2O1. The number of allylic oxidation sites excluding steroid dienone is 1. The molecule has 0 spiro atoms. The van der Waals surface area contributed by atoms with Crippen molar-refractivity contribution in [3.63, 3.8) is 0 Å². The number of hydroxylamine groups is 2. The fraction of sp³-hybridized carbons (Fsp3) is 0.773. The third kappa shape index (κ3) is 6.68. The summed E-state index contributed by atoms with van der Waals surface area (Å²) in [5.41, 5.74) is 2.71. The standard InChI is InChI=1S/C44H64N2O8/c1-6-8-12-19-43(20-13-9-7-2)52-35-33-26-44(40(49)45-22-23-47)37(39(48)50-33)46(54-38(44)36(35)53-43)27-30-15-11-10-14-28(30)24-29-16-17-34-42(5,51-34)21-18-32-31(29)25-41(32,3)4/h10-11,14-15,24,31-38,47H,6-9,12-13,16-23,25-27H2,1-5H3,(H,45,49).